The van der Waals surface area contributed by atoms with Crippen LogP contribution in [0.3, 0.4) is 0 Å². The molecule has 4 aromatic rings. The minimum atomic E-state index is -4.54. The van der Waals surface area contributed by atoms with Crippen LogP contribution in [-0.4, -0.2) is 101 Å². The smallest absolute Gasteiger partial charge is 0.419 e. The van der Waals surface area contributed by atoms with E-state index in [1.165, 1.54) is 33.0 Å². The number of nitriles is 1. The number of halogens is 3. The number of anilines is 2. The van der Waals surface area contributed by atoms with Gasteiger partial charge < -0.3 is 10.1 Å². The van der Waals surface area contributed by atoms with Crippen LogP contribution in [0.15, 0.2) is 53.7 Å². The number of piperidine rings is 2. The van der Waals surface area contributed by atoms with Crippen molar-refractivity contribution in [1.82, 2.24) is 34.3 Å². The second-order valence-electron chi connectivity index (χ2n) is 14.5. The van der Waals surface area contributed by atoms with Gasteiger partial charge >= 0.3 is 12.2 Å². The Hall–Kier alpha value is -5.32. The first-order valence-electron chi connectivity index (χ1n) is 18.9. The molecule has 0 radical (unpaired) electrons. The average Bonchev–Trinajstić information content (AvgIpc) is 3.53. The molecule has 7 rings (SSSR count). The van der Waals surface area contributed by atoms with Crippen molar-refractivity contribution in [2.24, 2.45) is 7.05 Å². The number of sulfonamides is 1. The van der Waals surface area contributed by atoms with E-state index in [-0.39, 0.29) is 72.8 Å². The highest BCUT2D eigenvalue weighted by atomic mass is 32.2. The Balaban J connectivity index is 0.944. The molecule has 0 aliphatic carbocycles. The Labute approximate surface area is 327 Å². The Kier molecular flexibility index (Phi) is 11.4. The number of likely N-dealkylation sites (tertiary alicyclic amines) is 1. The van der Waals surface area contributed by atoms with E-state index in [1.54, 1.807) is 4.68 Å². The van der Waals surface area contributed by atoms with Gasteiger partial charge in [-0.3, -0.25) is 24.6 Å². The van der Waals surface area contributed by atoms with Gasteiger partial charge in [-0.05, 0) is 80.9 Å². The molecule has 15 nitrogen and oxygen atoms in total. The number of hydrogen-bond acceptors (Lipinski definition) is 11. The van der Waals surface area contributed by atoms with E-state index in [4.69, 9.17) is 4.74 Å². The fourth-order valence-corrected chi connectivity index (χ4v) is 9.22. The van der Waals surface area contributed by atoms with Gasteiger partial charge in [-0.25, -0.2) is 23.2 Å². The van der Waals surface area contributed by atoms with Crippen LogP contribution in [-0.2, 0) is 28.0 Å². The van der Waals surface area contributed by atoms with E-state index in [2.05, 4.69) is 55.7 Å². The van der Waals surface area contributed by atoms with Crippen molar-refractivity contribution in [3.05, 3.63) is 65.5 Å². The van der Waals surface area contributed by atoms with Gasteiger partial charge in [-0.2, -0.15) is 27.8 Å². The third-order valence-electron chi connectivity index (χ3n) is 11.1. The molecule has 0 spiro atoms. The molecule has 2 N–H and O–H groups in total. The number of amides is 3. The molecule has 0 bridgehead atoms. The number of benzene rings is 2. The summed E-state index contributed by atoms with van der Waals surface area (Å²) in [6.45, 7) is 4.58. The number of nitrogens with one attached hydrogen (secondary N) is 2. The molecule has 57 heavy (non-hydrogen) atoms. The number of imide groups is 1. The number of carbonyl (C=O) groups is 2. The van der Waals surface area contributed by atoms with Crippen LogP contribution in [0, 0.1) is 11.3 Å². The molecule has 302 valence electrons. The summed E-state index contributed by atoms with van der Waals surface area (Å²) in [5.41, 5.74) is 1.36. The largest absolute Gasteiger partial charge is 0.491 e. The van der Waals surface area contributed by atoms with E-state index in [1.807, 2.05) is 13.1 Å². The molecule has 1 atom stereocenters. The van der Waals surface area contributed by atoms with E-state index in [0.29, 0.717) is 37.0 Å². The van der Waals surface area contributed by atoms with Crippen LogP contribution in [0.5, 0.6) is 5.75 Å². The van der Waals surface area contributed by atoms with Crippen molar-refractivity contribution in [3.8, 4) is 11.8 Å². The first-order chi connectivity index (χ1) is 27.2. The van der Waals surface area contributed by atoms with Crippen molar-refractivity contribution in [1.29, 1.82) is 5.26 Å². The van der Waals surface area contributed by atoms with Crippen LogP contribution in [0.2, 0.25) is 0 Å². The summed E-state index contributed by atoms with van der Waals surface area (Å²) in [7, 11) is -2.10. The molecule has 3 saturated heterocycles. The molecule has 2 aromatic heterocycles. The van der Waals surface area contributed by atoms with Gasteiger partial charge in [0.05, 0.1) is 21.5 Å². The summed E-state index contributed by atoms with van der Waals surface area (Å²) < 4.78 is 75.3. The Morgan fingerprint density at radius 2 is 1.74 bits per heavy atom. The number of carbonyl (C=O) groups excluding carboxylic acids is 2. The lowest BCUT2D eigenvalue weighted by Gasteiger charge is -2.37. The molecule has 3 aliphatic rings. The molecule has 0 saturated carbocycles. The number of fused-ring (bicyclic) bond motifs is 1. The van der Waals surface area contributed by atoms with E-state index in [0.717, 1.165) is 43.3 Å². The van der Waals surface area contributed by atoms with Gasteiger partial charge in [0.2, 0.25) is 21.9 Å². The normalized spacial score (nSPS) is 18.7. The second kappa shape index (κ2) is 16.3. The fraction of sp³-hybridized carbons (Fsp3) is 0.474. The van der Waals surface area contributed by atoms with Gasteiger partial charge in [0, 0.05) is 69.0 Å². The molecule has 3 fully saturated rings. The number of ether oxygens (including phenoxy) is 1. The topological polar surface area (TPSA) is 179 Å². The first kappa shape index (κ1) is 39.9. The Morgan fingerprint density at radius 3 is 2.39 bits per heavy atom. The predicted molar refractivity (Wildman–Crippen MR) is 203 cm³/mol. The number of aryl methyl sites for hydroxylation is 1. The highest BCUT2D eigenvalue weighted by Gasteiger charge is 2.34. The molecule has 19 heteroatoms. The number of urea groups is 1. The van der Waals surface area contributed by atoms with Crippen molar-refractivity contribution < 1.29 is 35.9 Å². The van der Waals surface area contributed by atoms with Crippen LogP contribution in [0.4, 0.5) is 29.7 Å². The van der Waals surface area contributed by atoms with Crippen molar-refractivity contribution in [3.63, 3.8) is 0 Å². The van der Waals surface area contributed by atoms with E-state index >= 15 is 0 Å². The Bertz CT molecular complexity index is 2280. The lowest BCUT2D eigenvalue weighted by Crippen LogP contribution is -2.49. The van der Waals surface area contributed by atoms with Gasteiger partial charge in [-0.15, -0.1) is 0 Å². The van der Waals surface area contributed by atoms with Gasteiger partial charge in [0.25, 0.3) is 0 Å². The minimum Gasteiger partial charge on any atom is -0.491 e. The second-order valence-corrected chi connectivity index (χ2v) is 16.5. The maximum Gasteiger partial charge on any atom is 0.419 e. The molecule has 2 aromatic carbocycles. The number of alkyl halides is 3. The number of nitrogens with zero attached hydrogens (tertiary/aromatic N) is 8. The predicted octanol–water partition coefficient (Wildman–Crippen LogP) is 5.00. The van der Waals surface area contributed by atoms with Gasteiger partial charge in [0.15, 0.2) is 5.82 Å². The summed E-state index contributed by atoms with van der Waals surface area (Å²) in [4.78, 5) is 35.5. The Morgan fingerprint density at radius 1 is 1.02 bits per heavy atom. The zero-order valence-corrected chi connectivity index (χ0v) is 32.3. The molecular formula is C38H43F3N10O5S. The maximum absolute atomic E-state index is 13.7. The monoisotopic (exact) mass is 808 g/mol. The molecule has 1 unspecified atom stereocenters. The highest BCUT2D eigenvalue weighted by Crippen LogP contribution is 2.35. The third kappa shape index (κ3) is 8.53. The standard InChI is InChI=1S/C38H43F3N10O5S/c1-3-29(49-13-8-24(9-14-49)25-5-7-31-32(18-25)48(2)47-35(31)51-17-12-34(52)46-37(51)53)23-56-33-19-30(6-4-26(33)20-42)57(54,55)50-15-10-28(11-16-50)45-36-43-21-27(22-44-36)38(39,40)41/h4-7,18-19,21-22,24,28-29H,3,8-17,23H2,1-2H3,(H,43,44,45)(H,46,52,53). The van der Waals surface area contributed by atoms with E-state index in [9.17, 15) is 36.4 Å². The highest BCUT2D eigenvalue weighted by molar-refractivity contribution is 7.89. The quantitative estimate of drug-likeness (QED) is 0.208. The maximum atomic E-state index is 13.7. The minimum absolute atomic E-state index is 0.00894. The average molecular weight is 809 g/mol. The van der Waals surface area contributed by atoms with Crippen molar-refractivity contribution in [2.75, 3.05) is 49.5 Å². The van der Waals surface area contributed by atoms with Crippen molar-refractivity contribution >= 4 is 44.6 Å². The lowest BCUT2D eigenvalue weighted by atomic mass is 9.88. The zero-order chi connectivity index (χ0) is 40.5. The first-order valence-corrected chi connectivity index (χ1v) is 20.3. The summed E-state index contributed by atoms with van der Waals surface area (Å²) in [5, 5.41) is 20.6. The van der Waals surface area contributed by atoms with Crippen LogP contribution in [0.1, 0.15) is 68.1 Å². The number of aromatic nitrogens is 4. The molecular weight excluding hydrogens is 766 g/mol. The molecule has 5 heterocycles. The lowest BCUT2D eigenvalue weighted by molar-refractivity contribution is -0.138. The van der Waals surface area contributed by atoms with Crippen LogP contribution < -0.4 is 20.3 Å². The van der Waals surface area contributed by atoms with E-state index < -0.39 is 27.8 Å². The molecule has 3 aliphatic heterocycles. The summed E-state index contributed by atoms with van der Waals surface area (Å²) in [6, 6.07) is 11.9. The van der Waals surface area contributed by atoms with Gasteiger partial charge in [-0.1, -0.05) is 13.0 Å². The van der Waals surface area contributed by atoms with Crippen LogP contribution in [0.25, 0.3) is 10.9 Å². The van der Waals surface area contributed by atoms with Crippen molar-refractivity contribution in [2.45, 2.75) is 74.5 Å². The summed E-state index contributed by atoms with van der Waals surface area (Å²) in [6.07, 6.45) is 0.463. The number of rotatable bonds is 11. The number of hydrogen-bond donors (Lipinski definition) is 2. The molecule has 3 amide bonds. The summed E-state index contributed by atoms with van der Waals surface area (Å²) >= 11 is 0. The fourth-order valence-electron chi connectivity index (χ4n) is 7.74. The van der Waals surface area contributed by atoms with Gasteiger partial charge in [0.1, 0.15) is 18.4 Å². The third-order valence-corrected chi connectivity index (χ3v) is 13.0. The zero-order valence-electron chi connectivity index (χ0n) is 31.5. The SMILES string of the molecule is CCC(COc1cc(S(=O)(=O)N2CCC(Nc3ncc(C(F)(F)F)cn3)CC2)ccc1C#N)N1CCC(c2ccc3c(N4CCC(=O)NC4=O)nn(C)c3c2)CC1. The van der Waals surface area contributed by atoms with Crippen LogP contribution >= 0.6 is 0 Å². The summed E-state index contributed by atoms with van der Waals surface area (Å²) in [5.74, 6) is 0.774.